The number of halogens is 1. The van der Waals surface area contributed by atoms with Crippen LogP contribution in [0.2, 0.25) is 5.02 Å². The third kappa shape index (κ3) is 4.72. The SMILES string of the molecule is CC1(C)CCC(CS(=O)(=O)c2ccc(-c3ccc(Cl)cc3C#N)cc2)CC1. The van der Waals surface area contributed by atoms with E-state index in [9.17, 15) is 13.7 Å². The maximum atomic E-state index is 12.8. The van der Waals surface area contributed by atoms with Gasteiger partial charge in [0.2, 0.25) is 0 Å². The fourth-order valence-electron chi connectivity index (χ4n) is 3.73. The molecule has 0 unspecified atom stereocenters. The van der Waals surface area contributed by atoms with Crippen LogP contribution in [0.25, 0.3) is 11.1 Å². The number of sulfone groups is 1. The lowest BCUT2D eigenvalue weighted by Crippen LogP contribution is -2.26. The highest BCUT2D eigenvalue weighted by Gasteiger charge is 2.30. The molecule has 0 heterocycles. The molecule has 0 bridgehead atoms. The number of hydrogen-bond acceptors (Lipinski definition) is 3. The minimum absolute atomic E-state index is 0.215. The second-order valence-corrected chi connectivity index (χ2v) is 10.7. The molecule has 0 aromatic heterocycles. The summed E-state index contributed by atoms with van der Waals surface area (Å²) in [5, 5.41) is 9.81. The summed E-state index contributed by atoms with van der Waals surface area (Å²) in [6, 6.07) is 14.1. The number of benzene rings is 2. The molecule has 3 nitrogen and oxygen atoms in total. The molecule has 0 spiro atoms. The summed E-state index contributed by atoms with van der Waals surface area (Å²) in [5.41, 5.74) is 2.36. The first-order chi connectivity index (χ1) is 12.7. The Morgan fingerprint density at radius 1 is 1.11 bits per heavy atom. The van der Waals surface area contributed by atoms with Crippen LogP contribution in [0.15, 0.2) is 47.4 Å². The van der Waals surface area contributed by atoms with Gasteiger partial charge in [-0.25, -0.2) is 8.42 Å². The second-order valence-electron chi connectivity index (χ2n) is 8.22. The van der Waals surface area contributed by atoms with E-state index in [2.05, 4.69) is 19.9 Å². The summed E-state index contributed by atoms with van der Waals surface area (Å²) >= 11 is 5.95. The third-order valence-electron chi connectivity index (χ3n) is 5.54. The van der Waals surface area contributed by atoms with Crippen molar-refractivity contribution in [2.75, 3.05) is 5.75 Å². The van der Waals surface area contributed by atoms with Gasteiger partial charge in [-0.1, -0.05) is 43.6 Å². The summed E-state index contributed by atoms with van der Waals surface area (Å²) in [6.45, 7) is 4.51. The zero-order valence-corrected chi connectivity index (χ0v) is 17.3. The van der Waals surface area contributed by atoms with Crippen LogP contribution in [0.4, 0.5) is 0 Å². The Bertz CT molecular complexity index is 962. The standard InChI is InChI=1S/C22H24ClNO2S/c1-22(2)11-9-16(10-12-22)15-27(25,26)20-6-3-17(4-7-20)21-8-5-19(23)13-18(21)14-24/h3-8,13,16H,9-12,15H2,1-2H3. The molecule has 27 heavy (non-hydrogen) atoms. The van der Waals surface area contributed by atoms with Gasteiger partial charge in [0.05, 0.1) is 22.3 Å². The Morgan fingerprint density at radius 2 is 1.74 bits per heavy atom. The molecule has 0 amide bonds. The van der Waals surface area contributed by atoms with E-state index >= 15 is 0 Å². The Morgan fingerprint density at radius 3 is 2.33 bits per heavy atom. The first-order valence-electron chi connectivity index (χ1n) is 9.23. The predicted molar refractivity (Wildman–Crippen MR) is 109 cm³/mol. The van der Waals surface area contributed by atoms with Gasteiger partial charge in [-0.3, -0.25) is 0 Å². The van der Waals surface area contributed by atoms with Gasteiger partial charge in [0.15, 0.2) is 9.84 Å². The van der Waals surface area contributed by atoms with Gasteiger partial charge in [-0.05, 0) is 72.4 Å². The summed E-state index contributed by atoms with van der Waals surface area (Å²) in [7, 11) is -3.30. The van der Waals surface area contributed by atoms with E-state index in [0.717, 1.165) is 36.8 Å². The molecule has 0 radical (unpaired) electrons. The molecular weight excluding hydrogens is 378 g/mol. The van der Waals surface area contributed by atoms with E-state index in [4.69, 9.17) is 11.6 Å². The molecule has 3 rings (SSSR count). The Hall–Kier alpha value is -1.83. The van der Waals surface area contributed by atoms with Gasteiger partial charge in [0, 0.05) is 5.02 Å². The highest BCUT2D eigenvalue weighted by Crippen LogP contribution is 2.39. The van der Waals surface area contributed by atoms with E-state index in [1.807, 2.05) is 0 Å². The minimum atomic E-state index is -3.30. The largest absolute Gasteiger partial charge is 0.224 e. The van der Waals surface area contributed by atoms with Crippen LogP contribution in [0.5, 0.6) is 0 Å². The van der Waals surface area contributed by atoms with Crippen molar-refractivity contribution in [1.82, 2.24) is 0 Å². The van der Waals surface area contributed by atoms with Gasteiger partial charge >= 0.3 is 0 Å². The first kappa shape index (κ1) is 19.9. The first-order valence-corrected chi connectivity index (χ1v) is 11.3. The maximum absolute atomic E-state index is 12.8. The molecule has 0 aliphatic heterocycles. The number of nitriles is 1. The van der Waals surface area contributed by atoms with Crippen molar-refractivity contribution in [1.29, 1.82) is 5.26 Å². The van der Waals surface area contributed by atoms with Crippen molar-refractivity contribution in [3.8, 4) is 17.2 Å². The Balaban J connectivity index is 1.78. The van der Waals surface area contributed by atoms with Crippen LogP contribution in [0.1, 0.15) is 45.1 Å². The lowest BCUT2D eigenvalue weighted by atomic mass is 9.74. The fraction of sp³-hybridized carbons (Fsp3) is 0.409. The van der Waals surface area contributed by atoms with Crippen molar-refractivity contribution < 1.29 is 8.42 Å². The van der Waals surface area contributed by atoms with Crippen LogP contribution in [0, 0.1) is 22.7 Å². The van der Waals surface area contributed by atoms with Gasteiger partial charge in [-0.2, -0.15) is 5.26 Å². The van der Waals surface area contributed by atoms with Crippen LogP contribution in [-0.2, 0) is 9.84 Å². The average molecular weight is 402 g/mol. The summed E-state index contributed by atoms with van der Waals surface area (Å²) in [4.78, 5) is 0.351. The zero-order valence-electron chi connectivity index (χ0n) is 15.7. The highest BCUT2D eigenvalue weighted by molar-refractivity contribution is 7.91. The van der Waals surface area contributed by atoms with E-state index < -0.39 is 9.84 Å². The van der Waals surface area contributed by atoms with Crippen molar-refractivity contribution in [3.05, 3.63) is 53.1 Å². The minimum Gasteiger partial charge on any atom is -0.224 e. The molecular formula is C22H24ClNO2S. The topological polar surface area (TPSA) is 57.9 Å². The predicted octanol–water partition coefficient (Wildman–Crippen LogP) is 5.87. The summed E-state index contributed by atoms with van der Waals surface area (Å²) in [6.07, 6.45) is 4.11. The molecule has 0 N–H and O–H groups in total. The van der Waals surface area contributed by atoms with E-state index in [1.54, 1.807) is 42.5 Å². The normalized spacial score (nSPS) is 17.4. The highest BCUT2D eigenvalue weighted by atomic mass is 35.5. The second kappa shape index (κ2) is 7.66. The van der Waals surface area contributed by atoms with Gasteiger partial charge in [0.1, 0.15) is 0 Å². The summed E-state index contributed by atoms with van der Waals surface area (Å²) in [5.74, 6) is 0.455. The van der Waals surface area contributed by atoms with Crippen molar-refractivity contribution in [2.45, 2.75) is 44.4 Å². The maximum Gasteiger partial charge on any atom is 0.178 e. The third-order valence-corrected chi connectivity index (χ3v) is 7.68. The monoisotopic (exact) mass is 401 g/mol. The fourth-order valence-corrected chi connectivity index (χ4v) is 5.60. The zero-order chi connectivity index (χ0) is 19.7. The smallest absolute Gasteiger partial charge is 0.178 e. The molecule has 2 aromatic carbocycles. The van der Waals surface area contributed by atoms with E-state index in [1.165, 1.54) is 0 Å². The molecule has 2 aromatic rings. The van der Waals surface area contributed by atoms with Crippen LogP contribution >= 0.6 is 11.6 Å². The average Bonchev–Trinajstić information content (AvgIpc) is 2.63. The molecule has 1 fully saturated rings. The van der Waals surface area contributed by atoms with Crippen molar-refractivity contribution in [2.24, 2.45) is 11.3 Å². The van der Waals surface area contributed by atoms with Gasteiger partial charge in [-0.15, -0.1) is 0 Å². The molecule has 1 aliphatic rings. The van der Waals surface area contributed by atoms with Crippen LogP contribution < -0.4 is 0 Å². The molecule has 0 saturated heterocycles. The molecule has 142 valence electrons. The van der Waals surface area contributed by atoms with Crippen LogP contribution in [0.3, 0.4) is 0 Å². The quantitative estimate of drug-likeness (QED) is 0.643. The van der Waals surface area contributed by atoms with Crippen molar-refractivity contribution >= 4 is 21.4 Å². The van der Waals surface area contributed by atoms with Gasteiger partial charge in [0.25, 0.3) is 0 Å². The molecule has 5 heteroatoms. The lowest BCUT2D eigenvalue weighted by Gasteiger charge is -2.34. The Labute approximate surface area is 166 Å². The lowest BCUT2D eigenvalue weighted by molar-refractivity contribution is 0.202. The summed E-state index contributed by atoms with van der Waals surface area (Å²) < 4.78 is 25.6. The van der Waals surface area contributed by atoms with Crippen LogP contribution in [-0.4, -0.2) is 14.2 Å². The number of nitrogens with zero attached hydrogens (tertiary/aromatic N) is 1. The number of hydrogen-bond donors (Lipinski definition) is 0. The van der Waals surface area contributed by atoms with E-state index in [0.29, 0.717) is 20.9 Å². The van der Waals surface area contributed by atoms with E-state index in [-0.39, 0.29) is 11.7 Å². The number of rotatable bonds is 4. The molecule has 0 atom stereocenters. The Kier molecular flexibility index (Phi) is 5.65. The van der Waals surface area contributed by atoms with Gasteiger partial charge < -0.3 is 0 Å². The molecule has 1 saturated carbocycles. The molecule has 1 aliphatic carbocycles. The van der Waals surface area contributed by atoms with Crippen molar-refractivity contribution in [3.63, 3.8) is 0 Å².